The summed E-state index contributed by atoms with van der Waals surface area (Å²) >= 11 is 0. The maximum Gasteiger partial charge on any atom is 0.119 e. The van der Waals surface area contributed by atoms with Gasteiger partial charge in [-0.3, -0.25) is 0 Å². The van der Waals surface area contributed by atoms with Crippen molar-refractivity contribution in [2.45, 2.75) is 13.2 Å². The third-order valence-corrected chi connectivity index (χ3v) is 2.55. The van der Waals surface area contributed by atoms with Gasteiger partial charge in [0.15, 0.2) is 0 Å². The molecule has 0 radical (unpaired) electrons. The van der Waals surface area contributed by atoms with Crippen LogP contribution in [0.25, 0.3) is 0 Å². The quantitative estimate of drug-likeness (QED) is 0.848. The molecule has 0 aliphatic carbocycles. The number of nitrogens with one attached hydrogen (secondary N) is 1. The molecule has 0 bridgehead atoms. The lowest BCUT2D eigenvalue weighted by molar-refractivity contribution is 0.306. The number of benzene rings is 2. The van der Waals surface area contributed by atoms with Crippen LogP contribution in [0.4, 0.5) is 0 Å². The lowest BCUT2D eigenvalue weighted by atomic mass is 10.1. The monoisotopic (exact) mass is 227 g/mol. The molecular formula is C15H17NO. The maximum atomic E-state index is 5.68. The van der Waals surface area contributed by atoms with Crippen molar-refractivity contribution in [3.63, 3.8) is 0 Å². The normalized spacial score (nSPS) is 10.2. The van der Waals surface area contributed by atoms with Crippen molar-refractivity contribution in [1.82, 2.24) is 5.32 Å². The van der Waals surface area contributed by atoms with E-state index in [4.69, 9.17) is 4.74 Å². The predicted molar refractivity (Wildman–Crippen MR) is 70.0 cm³/mol. The molecule has 17 heavy (non-hydrogen) atoms. The molecule has 0 unspecified atom stereocenters. The van der Waals surface area contributed by atoms with Gasteiger partial charge in [-0.25, -0.2) is 0 Å². The first-order valence-electron chi connectivity index (χ1n) is 5.79. The minimum absolute atomic E-state index is 0.615. The molecule has 0 saturated heterocycles. The summed E-state index contributed by atoms with van der Waals surface area (Å²) in [5, 5.41) is 3.13. The van der Waals surface area contributed by atoms with Crippen LogP contribution in [-0.2, 0) is 13.2 Å². The number of ether oxygens (including phenoxy) is 1. The standard InChI is InChI=1S/C15H17NO/c1-16-11-13-7-9-14(10-8-13)12-17-15-5-3-2-4-6-15/h2-10,16H,11-12H2,1H3. The Balaban J connectivity index is 1.91. The molecule has 2 aromatic carbocycles. The maximum absolute atomic E-state index is 5.68. The van der Waals surface area contributed by atoms with Crippen molar-refractivity contribution in [1.29, 1.82) is 0 Å². The van der Waals surface area contributed by atoms with Crippen molar-refractivity contribution in [3.8, 4) is 5.75 Å². The van der Waals surface area contributed by atoms with Gasteiger partial charge in [-0.1, -0.05) is 42.5 Å². The first-order chi connectivity index (χ1) is 8.38. The Labute approximate surface area is 102 Å². The van der Waals surface area contributed by atoms with E-state index in [0.717, 1.165) is 12.3 Å². The van der Waals surface area contributed by atoms with Crippen LogP contribution >= 0.6 is 0 Å². The van der Waals surface area contributed by atoms with E-state index in [1.807, 2.05) is 37.4 Å². The van der Waals surface area contributed by atoms with Gasteiger partial charge < -0.3 is 10.1 Å². The molecule has 1 N–H and O–H groups in total. The summed E-state index contributed by atoms with van der Waals surface area (Å²) in [5.41, 5.74) is 2.48. The average molecular weight is 227 g/mol. The molecule has 0 aromatic heterocycles. The van der Waals surface area contributed by atoms with Crippen molar-refractivity contribution in [2.75, 3.05) is 7.05 Å². The topological polar surface area (TPSA) is 21.3 Å². The zero-order valence-electron chi connectivity index (χ0n) is 10.0. The van der Waals surface area contributed by atoms with Gasteiger partial charge in [0.25, 0.3) is 0 Å². The lowest BCUT2D eigenvalue weighted by Crippen LogP contribution is -2.05. The Morgan fingerprint density at radius 3 is 2.18 bits per heavy atom. The Morgan fingerprint density at radius 2 is 1.53 bits per heavy atom. The Hall–Kier alpha value is -1.80. The van der Waals surface area contributed by atoms with Gasteiger partial charge in [0.2, 0.25) is 0 Å². The summed E-state index contributed by atoms with van der Waals surface area (Å²) < 4.78 is 5.68. The minimum atomic E-state index is 0.615. The molecule has 0 atom stereocenters. The SMILES string of the molecule is CNCc1ccc(COc2ccccc2)cc1. The number of hydrogen-bond donors (Lipinski definition) is 1. The van der Waals surface area contributed by atoms with E-state index in [2.05, 4.69) is 29.6 Å². The highest BCUT2D eigenvalue weighted by Crippen LogP contribution is 2.12. The second-order valence-electron chi connectivity index (χ2n) is 3.95. The predicted octanol–water partition coefficient (Wildman–Crippen LogP) is 2.99. The average Bonchev–Trinajstić information content (AvgIpc) is 2.40. The van der Waals surface area contributed by atoms with Crippen LogP contribution < -0.4 is 10.1 Å². The fourth-order valence-corrected chi connectivity index (χ4v) is 1.64. The molecular weight excluding hydrogens is 210 g/mol. The lowest BCUT2D eigenvalue weighted by Gasteiger charge is -2.07. The number of rotatable bonds is 5. The van der Waals surface area contributed by atoms with Crippen LogP contribution in [0.3, 0.4) is 0 Å². The molecule has 0 aliphatic rings. The van der Waals surface area contributed by atoms with Gasteiger partial charge >= 0.3 is 0 Å². The van der Waals surface area contributed by atoms with Gasteiger partial charge in [-0.15, -0.1) is 0 Å². The van der Waals surface area contributed by atoms with E-state index < -0.39 is 0 Å². The highest BCUT2D eigenvalue weighted by atomic mass is 16.5. The number of para-hydroxylation sites is 1. The molecule has 0 heterocycles. The fraction of sp³-hybridized carbons (Fsp3) is 0.200. The fourth-order valence-electron chi connectivity index (χ4n) is 1.64. The van der Waals surface area contributed by atoms with E-state index in [0.29, 0.717) is 6.61 Å². The molecule has 0 amide bonds. The summed E-state index contributed by atoms with van der Waals surface area (Å²) in [7, 11) is 1.95. The van der Waals surface area contributed by atoms with Gasteiger partial charge in [0.05, 0.1) is 0 Å². The van der Waals surface area contributed by atoms with E-state index in [1.54, 1.807) is 0 Å². The van der Waals surface area contributed by atoms with Crippen LogP contribution in [0.2, 0.25) is 0 Å². The van der Waals surface area contributed by atoms with Crippen LogP contribution in [-0.4, -0.2) is 7.05 Å². The summed E-state index contributed by atoms with van der Waals surface area (Å²) in [6.07, 6.45) is 0. The Bertz CT molecular complexity index is 436. The zero-order valence-corrected chi connectivity index (χ0v) is 10.0. The first-order valence-corrected chi connectivity index (χ1v) is 5.79. The second-order valence-corrected chi connectivity index (χ2v) is 3.95. The third kappa shape index (κ3) is 3.61. The van der Waals surface area contributed by atoms with Gasteiger partial charge in [0, 0.05) is 6.54 Å². The molecule has 88 valence electrons. The third-order valence-electron chi connectivity index (χ3n) is 2.55. The van der Waals surface area contributed by atoms with E-state index >= 15 is 0 Å². The van der Waals surface area contributed by atoms with Crippen molar-refractivity contribution in [2.24, 2.45) is 0 Å². The van der Waals surface area contributed by atoms with Crippen molar-refractivity contribution in [3.05, 3.63) is 65.7 Å². The summed E-state index contributed by atoms with van der Waals surface area (Å²) in [6, 6.07) is 18.3. The van der Waals surface area contributed by atoms with E-state index in [9.17, 15) is 0 Å². The summed E-state index contributed by atoms with van der Waals surface area (Å²) in [6.45, 7) is 1.52. The molecule has 2 nitrogen and oxygen atoms in total. The highest BCUT2D eigenvalue weighted by molar-refractivity contribution is 5.24. The molecule has 0 saturated carbocycles. The molecule has 0 fully saturated rings. The summed E-state index contributed by atoms with van der Waals surface area (Å²) in [5.74, 6) is 0.909. The summed E-state index contributed by atoms with van der Waals surface area (Å²) in [4.78, 5) is 0. The molecule has 2 aromatic rings. The Kier molecular flexibility index (Phi) is 4.17. The number of hydrogen-bond acceptors (Lipinski definition) is 2. The molecule has 2 rings (SSSR count). The van der Waals surface area contributed by atoms with E-state index in [1.165, 1.54) is 11.1 Å². The second kappa shape index (κ2) is 6.06. The Morgan fingerprint density at radius 1 is 0.882 bits per heavy atom. The molecule has 2 heteroatoms. The largest absolute Gasteiger partial charge is 0.489 e. The van der Waals surface area contributed by atoms with Crippen LogP contribution in [0.15, 0.2) is 54.6 Å². The van der Waals surface area contributed by atoms with Gasteiger partial charge in [-0.2, -0.15) is 0 Å². The zero-order chi connectivity index (χ0) is 11.9. The first kappa shape index (κ1) is 11.7. The molecule has 0 spiro atoms. The molecule has 0 aliphatic heterocycles. The van der Waals surface area contributed by atoms with Crippen molar-refractivity contribution < 1.29 is 4.74 Å². The smallest absolute Gasteiger partial charge is 0.119 e. The van der Waals surface area contributed by atoms with Gasteiger partial charge in [-0.05, 0) is 30.3 Å². The van der Waals surface area contributed by atoms with Gasteiger partial charge in [0.1, 0.15) is 12.4 Å². The van der Waals surface area contributed by atoms with Crippen LogP contribution in [0.5, 0.6) is 5.75 Å². The minimum Gasteiger partial charge on any atom is -0.489 e. The van der Waals surface area contributed by atoms with Crippen LogP contribution in [0, 0.1) is 0 Å². The van der Waals surface area contributed by atoms with Crippen molar-refractivity contribution >= 4 is 0 Å². The van der Waals surface area contributed by atoms with E-state index in [-0.39, 0.29) is 0 Å². The van der Waals surface area contributed by atoms with Crippen LogP contribution in [0.1, 0.15) is 11.1 Å². The highest BCUT2D eigenvalue weighted by Gasteiger charge is 1.96.